The third kappa shape index (κ3) is 5.50. The molecule has 2 aliphatic carbocycles. The fourth-order valence-corrected chi connectivity index (χ4v) is 3.48. The van der Waals surface area contributed by atoms with Crippen molar-refractivity contribution in [1.82, 2.24) is 0 Å². The van der Waals surface area contributed by atoms with Crippen LogP contribution in [0.1, 0.15) is 48.0 Å². The first kappa shape index (κ1) is 26.3. The van der Waals surface area contributed by atoms with Crippen LogP contribution in [-0.4, -0.2) is 43.2 Å². The zero-order valence-corrected chi connectivity index (χ0v) is 20.1. The molecule has 0 aliphatic heterocycles. The van der Waals surface area contributed by atoms with Crippen LogP contribution in [0.25, 0.3) is 0 Å². The molecular weight excluding hydrogens is 420 g/mol. The molecule has 7 heteroatoms. The molecule has 0 bridgehead atoms. The van der Waals surface area contributed by atoms with Gasteiger partial charge < -0.3 is 9.47 Å². The van der Waals surface area contributed by atoms with E-state index in [1.807, 2.05) is 19.9 Å². The summed E-state index contributed by atoms with van der Waals surface area (Å²) in [6, 6.07) is 0. The second-order valence-electron chi connectivity index (χ2n) is 7.46. The second-order valence-corrected chi connectivity index (χ2v) is 7.73. The molecule has 0 fully saturated rings. The van der Waals surface area contributed by atoms with Gasteiger partial charge in [-0.1, -0.05) is 11.6 Å². The number of hydrogen-bond donors (Lipinski definition) is 0. The molecule has 6 nitrogen and oxygen atoms in total. The third-order valence-corrected chi connectivity index (χ3v) is 5.43. The van der Waals surface area contributed by atoms with Crippen molar-refractivity contribution in [1.29, 1.82) is 0 Å². The summed E-state index contributed by atoms with van der Waals surface area (Å²) in [5, 5.41) is 0. The zero-order chi connectivity index (χ0) is 24.0. The topological polar surface area (TPSA) is 86.7 Å². The molecule has 168 valence electrons. The van der Waals surface area contributed by atoms with E-state index in [0.29, 0.717) is 39.9 Å². The SMILES string of the molecule is COC1=C(C)C(=O)C(CC=C(C)C)=C(C)C1=O.COC1=C(C)C(=O)C(CCl)=C(C)C1=O. The molecular formula is C24H29ClO6. The highest BCUT2D eigenvalue weighted by molar-refractivity contribution is 6.30. The minimum atomic E-state index is -0.250. The van der Waals surface area contributed by atoms with Crippen LogP contribution in [0.2, 0.25) is 0 Å². The smallest absolute Gasteiger partial charge is 0.224 e. The van der Waals surface area contributed by atoms with E-state index in [-0.39, 0.29) is 40.5 Å². The Hall–Kier alpha value is -2.73. The first-order valence-corrected chi connectivity index (χ1v) is 10.2. The Morgan fingerprint density at radius 3 is 1.45 bits per heavy atom. The minimum absolute atomic E-state index is 0.0603. The van der Waals surface area contributed by atoms with Crippen LogP contribution < -0.4 is 0 Å². The lowest BCUT2D eigenvalue weighted by Crippen LogP contribution is -2.23. The molecule has 31 heavy (non-hydrogen) atoms. The van der Waals surface area contributed by atoms with Crippen molar-refractivity contribution in [2.24, 2.45) is 0 Å². The molecule has 2 rings (SSSR count). The summed E-state index contributed by atoms with van der Waals surface area (Å²) < 4.78 is 9.87. The molecule has 0 saturated carbocycles. The van der Waals surface area contributed by atoms with Crippen LogP contribution in [0, 0.1) is 0 Å². The van der Waals surface area contributed by atoms with Crippen LogP contribution in [0.3, 0.4) is 0 Å². The van der Waals surface area contributed by atoms with E-state index >= 15 is 0 Å². The molecule has 0 aromatic rings. The number of ketones is 4. The largest absolute Gasteiger partial charge is 0.492 e. The number of allylic oxidation sites excluding steroid dienone is 8. The Morgan fingerprint density at radius 2 is 1.10 bits per heavy atom. The average Bonchev–Trinajstić information content (AvgIpc) is 2.72. The van der Waals surface area contributed by atoms with Crippen LogP contribution >= 0.6 is 11.6 Å². The van der Waals surface area contributed by atoms with E-state index in [4.69, 9.17) is 21.1 Å². The van der Waals surface area contributed by atoms with E-state index in [1.165, 1.54) is 14.2 Å². The fraction of sp³-hybridized carbons (Fsp3) is 0.417. The molecule has 0 amide bonds. The number of halogens is 1. The Balaban J connectivity index is 0.000000316. The van der Waals surface area contributed by atoms with Crippen LogP contribution in [0.5, 0.6) is 0 Å². The van der Waals surface area contributed by atoms with Gasteiger partial charge in [0.2, 0.25) is 11.6 Å². The molecule has 0 heterocycles. The molecule has 0 saturated heterocycles. The second kappa shape index (κ2) is 11.0. The van der Waals surface area contributed by atoms with Gasteiger partial charge in [-0.3, -0.25) is 19.2 Å². The van der Waals surface area contributed by atoms with Gasteiger partial charge in [-0.25, -0.2) is 0 Å². The number of methoxy groups -OCH3 is 2. The number of Topliss-reactive ketones (excluding diaryl/α,β-unsaturated/α-hetero) is 4. The van der Waals surface area contributed by atoms with Gasteiger partial charge in [0.05, 0.1) is 20.1 Å². The van der Waals surface area contributed by atoms with Crippen molar-refractivity contribution >= 4 is 34.7 Å². The number of carbonyl (C=O) groups excluding carboxylic acids is 4. The number of rotatable bonds is 5. The molecule has 0 unspecified atom stereocenters. The summed E-state index contributed by atoms with van der Waals surface area (Å²) in [5.41, 5.74) is 3.69. The predicted molar refractivity (Wildman–Crippen MR) is 120 cm³/mol. The molecule has 0 atom stereocenters. The standard InChI is InChI=1S/C14H18O3.C10H11ClO3/c1-8(2)6-7-11-9(3)13(16)14(17-5)10(4)12(11)15;1-5-7(4-11)8(12)6(2)10(14-3)9(5)13/h6H,7H2,1-5H3;4H2,1-3H3. The normalized spacial score (nSPS) is 17.2. The fourth-order valence-electron chi connectivity index (χ4n) is 3.16. The van der Waals surface area contributed by atoms with Crippen molar-refractivity contribution < 1.29 is 28.7 Å². The highest BCUT2D eigenvalue weighted by atomic mass is 35.5. The molecule has 0 aromatic carbocycles. The highest BCUT2D eigenvalue weighted by Gasteiger charge is 2.31. The van der Waals surface area contributed by atoms with Crippen LogP contribution in [0.4, 0.5) is 0 Å². The Labute approximate surface area is 188 Å². The summed E-state index contributed by atoms with van der Waals surface area (Å²) in [6.07, 6.45) is 2.46. The number of alkyl halides is 1. The summed E-state index contributed by atoms with van der Waals surface area (Å²) >= 11 is 5.60. The lowest BCUT2D eigenvalue weighted by atomic mass is 9.87. The molecule has 0 aromatic heterocycles. The van der Waals surface area contributed by atoms with Gasteiger partial charge in [0.1, 0.15) is 0 Å². The minimum Gasteiger partial charge on any atom is -0.492 e. The third-order valence-electron chi connectivity index (χ3n) is 5.17. The monoisotopic (exact) mass is 448 g/mol. The van der Waals surface area contributed by atoms with E-state index in [0.717, 1.165) is 5.57 Å². The predicted octanol–water partition coefficient (Wildman–Crippen LogP) is 4.35. The Bertz CT molecular complexity index is 946. The van der Waals surface area contributed by atoms with Crippen molar-refractivity contribution in [2.45, 2.75) is 48.0 Å². The van der Waals surface area contributed by atoms with Gasteiger partial charge in [0, 0.05) is 33.4 Å². The van der Waals surface area contributed by atoms with Crippen LogP contribution in [0.15, 0.2) is 56.6 Å². The summed E-state index contributed by atoms with van der Waals surface area (Å²) in [7, 11) is 2.79. The summed E-state index contributed by atoms with van der Waals surface area (Å²) in [6.45, 7) is 10.4. The van der Waals surface area contributed by atoms with E-state index < -0.39 is 0 Å². The van der Waals surface area contributed by atoms with Crippen molar-refractivity contribution in [3.63, 3.8) is 0 Å². The number of ether oxygens (including phenoxy) is 2. The van der Waals surface area contributed by atoms with E-state index in [2.05, 4.69) is 0 Å². The maximum Gasteiger partial charge on any atom is 0.224 e. The highest BCUT2D eigenvalue weighted by Crippen LogP contribution is 2.27. The molecule has 0 spiro atoms. The van der Waals surface area contributed by atoms with E-state index in [9.17, 15) is 19.2 Å². The van der Waals surface area contributed by atoms with Gasteiger partial charge in [-0.05, 0) is 48.0 Å². The average molecular weight is 449 g/mol. The zero-order valence-electron chi connectivity index (χ0n) is 19.3. The van der Waals surface area contributed by atoms with Gasteiger partial charge >= 0.3 is 0 Å². The maximum absolute atomic E-state index is 12.1. The first-order valence-electron chi connectivity index (χ1n) is 9.71. The lowest BCUT2D eigenvalue weighted by Gasteiger charge is -2.18. The molecule has 0 N–H and O–H groups in total. The van der Waals surface area contributed by atoms with Crippen molar-refractivity contribution in [3.8, 4) is 0 Å². The molecule has 0 radical (unpaired) electrons. The Kier molecular flexibility index (Phi) is 9.38. The van der Waals surface area contributed by atoms with E-state index in [1.54, 1.807) is 27.7 Å². The summed E-state index contributed by atoms with van der Waals surface area (Å²) in [4.78, 5) is 47.3. The van der Waals surface area contributed by atoms with Crippen molar-refractivity contribution in [2.75, 3.05) is 20.1 Å². The van der Waals surface area contributed by atoms with Gasteiger partial charge in [-0.15, -0.1) is 11.6 Å². The summed E-state index contributed by atoms with van der Waals surface area (Å²) in [5.74, 6) is -0.354. The lowest BCUT2D eigenvalue weighted by molar-refractivity contribution is -0.118. The first-order chi connectivity index (χ1) is 14.4. The number of carbonyl (C=O) groups is 4. The molecule has 2 aliphatic rings. The van der Waals surface area contributed by atoms with Gasteiger partial charge in [0.15, 0.2) is 23.1 Å². The van der Waals surface area contributed by atoms with Crippen molar-refractivity contribution in [3.05, 3.63) is 56.6 Å². The van der Waals surface area contributed by atoms with Crippen LogP contribution in [-0.2, 0) is 28.7 Å². The Morgan fingerprint density at radius 1 is 0.710 bits per heavy atom. The quantitative estimate of drug-likeness (QED) is 0.353. The number of hydrogen-bond acceptors (Lipinski definition) is 6. The van der Waals surface area contributed by atoms with Gasteiger partial charge in [-0.2, -0.15) is 0 Å². The maximum atomic E-state index is 12.1. The van der Waals surface area contributed by atoms with Gasteiger partial charge in [0.25, 0.3) is 0 Å².